The quantitative estimate of drug-likeness (QED) is 0.530. The Morgan fingerprint density at radius 2 is 1.47 bits per heavy atom. The van der Waals surface area contributed by atoms with E-state index in [9.17, 15) is 14.4 Å². The number of benzene rings is 3. The Kier molecular flexibility index (Phi) is 5.40. The van der Waals surface area contributed by atoms with Crippen LogP contribution < -0.4 is 4.90 Å². The number of hydrogen-bond acceptors (Lipinski definition) is 4. The van der Waals surface area contributed by atoms with E-state index in [2.05, 4.69) is 0 Å². The van der Waals surface area contributed by atoms with Gasteiger partial charge in [-0.1, -0.05) is 84.9 Å². The van der Waals surface area contributed by atoms with Crippen molar-refractivity contribution < 1.29 is 19.1 Å². The lowest BCUT2D eigenvalue weighted by Gasteiger charge is -2.37. The summed E-state index contributed by atoms with van der Waals surface area (Å²) < 4.78 is 5.46. The van der Waals surface area contributed by atoms with Gasteiger partial charge < -0.3 is 4.74 Å². The highest BCUT2D eigenvalue weighted by atomic mass is 16.5. The van der Waals surface area contributed by atoms with Crippen molar-refractivity contribution in [3.8, 4) is 0 Å². The fraction of sp³-hybridized carbons (Fsp3) is 0.207. The first-order valence-electron chi connectivity index (χ1n) is 11.4. The molecule has 2 aliphatic rings. The van der Waals surface area contributed by atoms with Crippen LogP contribution in [-0.4, -0.2) is 24.4 Å². The van der Waals surface area contributed by atoms with Crippen LogP contribution in [0.1, 0.15) is 42.4 Å². The topological polar surface area (TPSA) is 63.7 Å². The highest BCUT2D eigenvalue weighted by molar-refractivity contribution is 6.24. The lowest BCUT2D eigenvalue weighted by Crippen LogP contribution is -2.48. The van der Waals surface area contributed by atoms with E-state index in [1.165, 1.54) is 11.8 Å². The molecule has 170 valence electrons. The number of fused-ring (bicyclic) bond motifs is 2. The van der Waals surface area contributed by atoms with Crippen molar-refractivity contribution in [1.29, 1.82) is 0 Å². The molecule has 0 unspecified atom stereocenters. The first-order chi connectivity index (χ1) is 16.5. The van der Waals surface area contributed by atoms with Crippen LogP contribution in [0.4, 0.5) is 5.69 Å². The maximum absolute atomic E-state index is 14.4. The second-order valence-corrected chi connectivity index (χ2v) is 8.62. The predicted molar refractivity (Wildman–Crippen MR) is 129 cm³/mol. The van der Waals surface area contributed by atoms with Crippen LogP contribution in [0.25, 0.3) is 0 Å². The van der Waals surface area contributed by atoms with Gasteiger partial charge in [-0.25, -0.2) is 9.69 Å². The van der Waals surface area contributed by atoms with E-state index >= 15 is 0 Å². The van der Waals surface area contributed by atoms with Crippen molar-refractivity contribution in [3.05, 3.63) is 113 Å². The van der Waals surface area contributed by atoms with E-state index in [0.29, 0.717) is 11.3 Å². The third kappa shape index (κ3) is 3.04. The van der Waals surface area contributed by atoms with Crippen LogP contribution in [0, 0.1) is 0 Å². The number of nitrogens with zero attached hydrogens (tertiary/aromatic N) is 1. The molecule has 5 nitrogen and oxygen atoms in total. The van der Waals surface area contributed by atoms with Gasteiger partial charge in [0.15, 0.2) is 0 Å². The Labute approximate surface area is 198 Å². The zero-order chi connectivity index (χ0) is 23.9. The number of esters is 1. The minimum absolute atomic E-state index is 0.227. The van der Waals surface area contributed by atoms with Crippen LogP contribution in [0.15, 0.2) is 96.6 Å². The third-order valence-electron chi connectivity index (χ3n) is 6.87. The number of allylic oxidation sites excluding steroid dienone is 1. The van der Waals surface area contributed by atoms with Gasteiger partial charge in [0.1, 0.15) is 0 Å². The first-order valence-corrected chi connectivity index (χ1v) is 11.4. The van der Waals surface area contributed by atoms with Gasteiger partial charge >= 0.3 is 5.97 Å². The molecule has 1 aliphatic carbocycles. The SMILES string of the molecule is CCOC(=O)C1=C[C@@H](c2ccccc2)[C@]2(C(=O)N(C(C)=O)c3ccccc32)[C@H]1c1ccccc1. The van der Waals surface area contributed by atoms with E-state index < -0.39 is 23.2 Å². The molecule has 0 N–H and O–H groups in total. The molecule has 5 heteroatoms. The van der Waals surface area contributed by atoms with Crippen molar-refractivity contribution in [2.24, 2.45) is 0 Å². The molecule has 0 saturated carbocycles. The van der Waals surface area contributed by atoms with Crippen LogP contribution >= 0.6 is 0 Å². The van der Waals surface area contributed by atoms with E-state index in [4.69, 9.17) is 4.74 Å². The summed E-state index contributed by atoms with van der Waals surface area (Å²) in [7, 11) is 0. The molecular formula is C29H25NO4. The molecule has 3 aromatic rings. The standard InChI is InChI=1S/C29H25NO4/c1-3-34-27(32)22-18-24(20-12-6-4-7-13-20)29(26(22)21-14-8-5-9-15-21)23-16-10-11-17-25(23)30(19(2)31)28(29)33/h4-18,24,26H,3H2,1-2H3/t24-,26-,29-/m0/s1. The summed E-state index contributed by atoms with van der Waals surface area (Å²) in [5, 5.41) is 0. The average Bonchev–Trinajstić information content (AvgIpc) is 3.34. The summed E-state index contributed by atoms with van der Waals surface area (Å²) in [5.41, 5.74) is 2.28. The molecule has 34 heavy (non-hydrogen) atoms. The fourth-order valence-corrected chi connectivity index (χ4v) is 5.66. The van der Waals surface area contributed by atoms with Gasteiger partial charge in [-0.2, -0.15) is 0 Å². The monoisotopic (exact) mass is 451 g/mol. The number of ether oxygens (including phenoxy) is 1. The molecule has 1 heterocycles. The number of hydrogen-bond donors (Lipinski definition) is 0. The summed E-state index contributed by atoms with van der Waals surface area (Å²) in [5.74, 6) is -2.19. The third-order valence-corrected chi connectivity index (χ3v) is 6.87. The van der Waals surface area contributed by atoms with Gasteiger partial charge in [-0.3, -0.25) is 9.59 Å². The zero-order valence-electron chi connectivity index (χ0n) is 19.1. The number of rotatable bonds is 4. The highest BCUT2D eigenvalue weighted by Gasteiger charge is 2.65. The predicted octanol–water partition coefficient (Wildman–Crippen LogP) is 4.89. The van der Waals surface area contributed by atoms with Gasteiger partial charge in [0.2, 0.25) is 11.8 Å². The maximum atomic E-state index is 14.4. The molecular weight excluding hydrogens is 426 g/mol. The molecule has 0 saturated heterocycles. The van der Waals surface area contributed by atoms with Crippen LogP contribution in [0.2, 0.25) is 0 Å². The number of carbonyl (C=O) groups excluding carboxylic acids is 3. The Morgan fingerprint density at radius 1 is 0.882 bits per heavy atom. The Hall–Kier alpha value is -3.99. The molecule has 3 aromatic carbocycles. The largest absolute Gasteiger partial charge is 0.463 e. The summed E-state index contributed by atoms with van der Waals surface area (Å²) in [4.78, 5) is 41.8. The molecule has 0 bridgehead atoms. The first kappa shape index (κ1) is 21.8. The van der Waals surface area contributed by atoms with Crippen LogP contribution in [0.3, 0.4) is 0 Å². The van der Waals surface area contributed by atoms with Crippen LogP contribution in [-0.2, 0) is 24.5 Å². The number of para-hydroxylation sites is 1. The van der Waals surface area contributed by atoms with Gasteiger partial charge in [0.05, 0.1) is 17.7 Å². The Bertz CT molecular complexity index is 1300. The minimum Gasteiger partial charge on any atom is -0.463 e. The molecule has 5 rings (SSSR count). The number of amides is 2. The van der Waals surface area contributed by atoms with Gasteiger partial charge in [-0.05, 0) is 29.7 Å². The van der Waals surface area contributed by atoms with Crippen molar-refractivity contribution in [1.82, 2.24) is 0 Å². The van der Waals surface area contributed by atoms with Gasteiger partial charge in [0.25, 0.3) is 0 Å². The molecule has 1 spiro atoms. The Balaban J connectivity index is 1.86. The van der Waals surface area contributed by atoms with Crippen molar-refractivity contribution in [2.75, 3.05) is 11.5 Å². The zero-order valence-corrected chi connectivity index (χ0v) is 19.1. The highest BCUT2D eigenvalue weighted by Crippen LogP contribution is 2.63. The van der Waals surface area contributed by atoms with Crippen molar-refractivity contribution in [3.63, 3.8) is 0 Å². The van der Waals surface area contributed by atoms with Crippen LogP contribution in [0.5, 0.6) is 0 Å². The van der Waals surface area contributed by atoms with Crippen molar-refractivity contribution >= 4 is 23.5 Å². The second-order valence-electron chi connectivity index (χ2n) is 8.62. The smallest absolute Gasteiger partial charge is 0.334 e. The van der Waals surface area contributed by atoms with E-state index in [1.807, 2.05) is 84.9 Å². The molecule has 3 atom stereocenters. The lowest BCUT2D eigenvalue weighted by molar-refractivity contribution is -0.138. The van der Waals surface area contributed by atoms with Gasteiger partial charge in [-0.15, -0.1) is 0 Å². The van der Waals surface area contributed by atoms with E-state index in [1.54, 1.807) is 13.0 Å². The minimum atomic E-state index is -1.20. The number of carbonyl (C=O) groups is 3. The summed E-state index contributed by atoms with van der Waals surface area (Å²) >= 11 is 0. The number of anilines is 1. The summed E-state index contributed by atoms with van der Waals surface area (Å²) in [6.07, 6.45) is 1.88. The molecule has 0 fully saturated rings. The molecule has 0 radical (unpaired) electrons. The number of imide groups is 1. The molecule has 0 aromatic heterocycles. The Morgan fingerprint density at radius 3 is 2.09 bits per heavy atom. The maximum Gasteiger partial charge on any atom is 0.334 e. The second kappa shape index (κ2) is 8.41. The average molecular weight is 452 g/mol. The van der Waals surface area contributed by atoms with E-state index in [-0.39, 0.29) is 18.4 Å². The lowest BCUT2D eigenvalue weighted by atomic mass is 9.62. The van der Waals surface area contributed by atoms with Gasteiger partial charge in [0, 0.05) is 24.3 Å². The summed E-state index contributed by atoms with van der Waals surface area (Å²) in [6, 6.07) is 26.7. The summed E-state index contributed by atoms with van der Waals surface area (Å²) in [6.45, 7) is 3.39. The fourth-order valence-electron chi connectivity index (χ4n) is 5.66. The molecule has 1 aliphatic heterocycles. The van der Waals surface area contributed by atoms with E-state index in [0.717, 1.165) is 16.7 Å². The van der Waals surface area contributed by atoms with Crippen molar-refractivity contribution in [2.45, 2.75) is 31.1 Å². The molecule has 2 amide bonds. The normalized spacial score (nSPS) is 23.1.